The van der Waals surface area contributed by atoms with Crippen LogP contribution in [-0.2, 0) is 9.53 Å². The lowest BCUT2D eigenvalue weighted by Crippen LogP contribution is -2.35. The van der Waals surface area contributed by atoms with E-state index in [2.05, 4.69) is 10.6 Å². The molecule has 1 amide bonds. The summed E-state index contributed by atoms with van der Waals surface area (Å²) in [5.74, 6) is -0.461. The molecule has 1 heterocycles. The van der Waals surface area contributed by atoms with Crippen molar-refractivity contribution in [2.75, 3.05) is 25.0 Å². The molecule has 1 aliphatic rings. The van der Waals surface area contributed by atoms with E-state index in [4.69, 9.17) is 27.9 Å². The molecule has 0 aliphatic carbocycles. The van der Waals surface area contributed by atoms with Gasteiger partial charge in [-0.25, -0.2) is 0 Å². The monoisotopic (exact) mass is 364 g/mol. The van der Waals surface area contributed by atoms with Gasteiger partial charge in [0.15, 0.2) is 0 Å². The lowest BCUT2D eigenvalue weighted by molar-refractivity contribution is -0.124. The van der Waals surface area contributed by atoms with Crippen molar-refractivity contribution in [3.8, 4) is 0 Å². The Morgan fingerprint density at radius 2 is 1.92 bits per heavy atom. The third-order valence-corrected chi connectivity index (χ3v) is 4.70. The normalized spacial score (nSPS) is 21.1. The van der Waals surface area contributed by atoms with Crippen LogP contribution in [0.25, 0.3) is 0 Å². The molecule has 0 bridgehead atoms. The molecule has 4 nitrogen and oxygen atoms in total. The third kappa shape index (κ3) is 4.08. The van der Waals surface area contributed by atoms with E-state index < -0.39 is 0 Å². The maximum Gasteiger partial charge on any atom is 0.231 e. The average molecular weight is 365 g/mol. The SMILES string of the molecule is O=C(Nc1ccccc1)[C@@H]1CNCCO[C@H]1c1ccc(Cl)c(Cl)c1. The number of ether oxygens (including phenoxy) is 1. The molecule has 2 aromatic rings. The van der Waals surface area contributed by atoms with Crippen molar-refractivity contribution in [1.82, 2.24) is 5.32 Å². The summed E-state index contributed by atoms with van der Waals surface area (Å²) in [6.45, 7) is 1.76. The zero-order chi connectivity index (χ0) is 16.9. The molecule has 126 valence electrons. The van der Waals surface area contributed by atoms with Gasteiger partial charge < -0.3 is 15.4 Å². The summed E-state index contributed by atoms with van der Waals surface area (Å²) in [4.78, 5) is 12.8. The fraction of sp³-hybridized carbons (Fsp3) is 0.278. The molecule has 0 aromatic heterocycles. The molecule has 1 aliphatic heterocycles. The topological polar surface area (TPSA) is 50.4 Å². The van der Waals surface area contributed by atoms with E-state index in [1.807, 2.05) is 36.4 Å². The van der Waals surface area contributed by atoms with Gasteiger partial charge in [-0.05, 0) is 29.8 Å². The maximum atomic E-state index is 12.8. The van der Waals surface area contributed by atoms with Crippen LogP contribution in [0.2, 0.25) is 10.0 Å². The molecule has 2 N–H and O–H groups in total. The number of nitrogens with one attached hydrogen (secondary N) is 2. The number of anilines is 1. The van der Waals surface area contributed by atoms with Gasteiger partial charge in [0.1, 0.15) is 0 Å². The van der Waals surface area contributed by atoms with E-state index in [9.17, 15) is 4.79 Å². The molecule has 1 fully saturated rings. The van der Waals surface area contributed by atoms with Crippen LogP contribution < -0.4 is 10.6 Å². The summed E-state index contributed by atoms with van der Waals surface area (Å²) in [5, 5.41) is 7.13. The molecule has 24 heavy (non-hydrogen) atoms. The highest BCUT2D eigenvalue weighted by Crippen LogP contribution is 2.32. The number of halogens is 2. The highest BCUT2D eigenvalue weighted by Gasteiger charge is 2.32. The average Bonchev–Trinajstić information content (AvgIpc) is 2.84. The minimum absolute atomic E-state index is 0.0910. The van der Waals surface area contributed by atoms with Gasteiger partial charge in [0.25, 0.3) is 0 Å². The molecule has 1 saturated heterocycles. The third-order valence-electron chi connectivity index (χ3n) is 3.96. The highest BCUT2D eigenvalue weighted by molar-refractivity contribution is 6.42. The summed E-state index contributed by atoms with van der Waals surface area (Å²) >= 11 is 12.1. The lowest BCUT2D eigenvalue weighted by atomic mass is 9.94. The van der Waals surface area contributed by atoms with Gasteiger partial charge in [-0.3, -0.25) is 4.79 Å². The zero-order valence-electron chi connectivity index (χ0n) is 13.0. The van der Waals surface area contributed by atoms with Gasteiger partial charge in [-0.2, -0.15) is 0 Å². The molecular formula is C18H18Cl2N2O2. The predicted molar refractivity (Wildman–Crippen MR) is 96.6 cm³/mol. The minimum Gasteiger partial charge on any atom is -0.371 e. The molecule has 0 radical (unpaired) electrons. The van der Waals surface area contributed by atoms with Crippen molar-refractivity contribution in [1.29, 1.82) is 0 Å². The van der Waals surface area contributed by atoms with Crippen LogP contribution in [0.5, 0.6) is 0 Å². The molecular weight excluding hydrogens is 347 g/mol. The molecule has 3 rings (SSSR count). The van der Waals surface area contributed by atoms with Gasteiger partial charge in [0.05, 0.1) is 28.7 Å². The number of hydrogen-bond donors (Lipinski definition) is 2. The lowest BCUT2D eigenvalue weighted by Gasteiger charge is -2.24. The first-order chi connectivity index (χ1) is 11.6. The van der Waals surface area contributed by atoms with Gasteiger partial charge in [0, 0.05) is 18.8 Å². The molecule has 0 saturated carbocycles. The molecule has 0 unspecified atom stereocenters. The van der Waals surface area contributed by atoms with E-state index >= 15 is 0 Å². The van der Waals surface area contributed by atoms with Gasteiger partial charge >= 0.3 is 0 Å². The Hall–Kier alpha value is -1.59. The summed E-state index contributed by atoms with van der Waals surface area (Å²) in [5.41, 5.74) is 1.61. The van der Waals surface area contributed by atoms with Gasteiger partial charge in [-0.1, -0.05) is 47.5 Å². The van der Waals surface area contributed by atoms with Crippen LogP contribution in [0.15, 0.2) is 48.5 Å². The van der Waals surface area contributed by atoms with Crippen LogP contribution in [0.1, 0.15) is 11.7 Å². The number of hydrogen-bond acceptors (Lipinski definition) is 3. The van der Waals surface area contributed by atoms with Crippen molar-refractivity contribution < 1.29 is 9.53 Å². The summed E-state index contributed by atoms with van der Waals surface area (Å²) < 4.78 is 5.93. The second-order valence-electron chi connectivity index (χ2n) is 5.63. The van der Waals surface area contributed by atoms with Crippen LogP contribution in [0.4, 0.5) is 5.69 Å². The number of carbonyl (C=O) groups excluding carboxylic acids is 1. The molecule has 6 heteroatoms. The van der Waals surface area contributed by atoms with E-state index in [0.717, 1.165) is 11.3 Å². The van der Waals surface area contributed by atoms with Gasteiger partial charge in [-0.15, -0.1) is 0 Å². The second kappa shape index (κ2) is 7.99. The van der Waals surface area contributed by atoms with Gasteiger partial charge in [0.2, 0.25) is 5.91 Å². The summed E-state index contributed by atoms with van der Waals surface area (Å²) in [6, 6.07) is 14.7. The van der Waals surface area contributed by atoms with E-state index in [1.165, 1.54) is 0 Å². The first-order valence-corrected chi connectivity index (χ1v) is 8.54. The van der Waals surface area contributed by atoms with Crippen molar-refractivity contribution in [3.63, 3.8) is 0 Å². The van der Waals surface area contributed by atoms with Crippen LogP contribution in [0, 0.1) is 5.92 Å². The largest absolute Gasteiger partial charge is 0.371 e. The quantitative estimate of drug-likeness (QED) is 0.867. The number of benzene rings is 2. The van der Waals surface area contributed by atoms with E-state index in [-0.39, 0.29) is 17.9 Å². The first kappa shape index (κ1) is 17.2. The predicted octanol–water partition coefficient (Wildman–Crippen LogP) is 3.91. The van der Waals surface area contributed by atoms with Crippen molar-refractivity contribution in [2.45, 2.75) is 6.10 Å². The first-order valence-electron chi connectivity index (χ1n) is 7.78. The summed E-state index contributed by atoms with van der Waals surface area (Å²) in [7, 11) is 0. The second-order valence-corrected chi connectivity index (χ2v) is 6.45. The fourth-order valence-corrected chi connectivity index (χ4v) is 3.05. The fourth-order valence-electron chi connectivity index (χ4n) is 2.74. The van der Waals surface area contributed by atoms with E-state index in [1.54, 1.807) is 12.1 Å². The number of carbonyl (C=O) groups is 1. The molecule has 2 aromatic carbocycles. The molecule has 2 atom stereocenters. The highest BCUT2D eigenvalue weighted by atomic mass is 35.5. The van der Waals surface area contributed by atoms with E-state index in [0.29, 0.717) is 29.7 Å². The Bertz CT molecular complexity index is 709. The van der Waals surface area contributed by atoms with Crippen molar-refractivity contribution >= 4 is 34.8 Å². The van der Waals surface area contributed by atoms with Crippen molar-refractivity contribution in [2.24, 2.45) is 5.92 Å². The number of para-hydroxylation sites is 1. The van der Waals surface area contributed by atoms with Crippen LogP contribution in [0.3, 0.4) is 0 Å². The minimum atomic E-state index is -0.376. The Morgan fingerprint density at radius 1 is 1.12 bits per heavy atom. The zero-order valence-corrected chi connectivity index (χ0v) is 14.5. The van der Waals surface area contributed by atoms with Crippen LogP contribution >= 0.6 is 23.2 Å². The maximum absolute atomic E-state index is 12.8. The Balaban J connectivity index is 1.84. The standard InChI is InChI=1S/C18H18Cl2N2O2/c19-15-7-6-12(10-16(15)20)17-14(11-21-8-9-24-17)18(23)22-13-4-2-1-3-5-13/h1-7,10,14,17,21H,8-9,11H2,(H,22,23)/t14-,17+/m1/s1. The Kier molecular flexibility index (Phi) is 5.74. The molecule has 0 spiro atoms. The Morgan fingerprint density at radius 3 is 2.67 bits per heavy atom. The summed E-state index contributed by atoms with van der Waals surface area (Å²) in [6.07, 6.45) is -0.376. The smallest absolute Gasteiger partial charge is 0.231 e. The van der Waals surface area contributed by atoms with Crippen LogP contribution in [-0.4, -0.2) is 25.6 Å². The Labute approximate surface area is 151 Å². The number of rotatable bonds is 3. The number of amides is 1. The van der Waals surface area contributed by atoms with Crippen molar-refractivity contribution in [3.05, 3.63) is 64.1 Å².